The number of amides is 4. The number of pyridine rings is 2. The van der Waals surface area contributed by atoms with Gasteiger partial charge in [0.1, 0.15) is 12.6 Å². The number of carbonyl (C=O) groups is 5. The number of aromatic nitrogens is 2. The van der Waals surface area contributed by atoms with Crippen LogP contribution in [0.2, 0.25) is 0 Å². The molecule has 0 radical (unpaired) electrons. The molecule has 0 saturated heterocycles. The maximum absolute atomic E-state index is 13.7. The maximum atomic E-state index is 13.7. The van der Waals surface area contributed by atoms with Crippen molar-refractivity contribution in [1.29, 1.82) is 0 Å². The van der Waals surface area contributed by atoms with Crippen molar-refractivity contribution in [3.8, 4) is 11.4 Å². The van der Waals surface area contributed by atoms with Gasteiger partial charge in [0.2, 0.25) is 23.6 Å². The molecule has 1 aliphatic carbocycles. The van der Waals surface area contributed by atoms with Gasteiger partial charge >= 0.3 is 5.97 Å². The van der Waals surface area contributed by atoms with Crippen LogP contribution in [0.3, 0.4) is 0 Å². The van der Waals surface area contributed by atoms with Gasteiger partial charge in [-0.15, -0.1) is 0 Å². The third-order valence-electron chi connectivity index (χ3n) is 10.2. The quantitative estimate of drug-likeness (QED) is 0.103. The zero-order valence-corrected chi connectivity index (χ0v) is 29.0. The third kappa shape index (κ3) is 6.53. The molecule has 7 rings (SSSR count). The van der Waals surface area contributed by atoms with Crippen molar-refractivity contribution in [3.63, 3.8) is 0 Å². The predicted molar refractivity (Wildman–Crippen MR) is 192 cm³/mol. The molecule has 0 spiro atoms. The second-order valence-corrected chi connectivity index (χ2v) is 13.4. The summed E-state index contributed by atoms with van der Waals surface area (Å²) in [5.41, 5.74) is 9.56. The minimum Gasteiger partial charge on any atom is -0.458 e. The molecule has 0 unspecified atom stereocenters. The molecular weight excluding hydrogens is 682 g/mol. The second kappa shape index (κ2) is 14.2. The number of aliphatic hydroxyl groups is 1. The summed E-state index contributed by atoms with van der Waals surface area (Å²) in [6.45, 7) is 0.723. The number of fused-ring (bicyclic) bond motifs is 5. The normalized spacial score (nSPS) is 17.2. The Bertz CT molecular complexity index is 2250. The number of nitrogens with one attached hydrogen (secondary N) is 4. The lowest BCUT2D eigenvalue weighted by atomic mass is 9.85. The number of esters is 1. The first kappa shape index (κ1) is 35.5. The number of rotatable bonds is 11. The monoisotopic (exact) mass is 721 g/mol. The van der Waals surface area contributed by atoms with Crippen LogP contribution in [0.5, 0.6) is 0 Å². The molecule has 0 saturated carbocycles. The number of benzene rings is 2. The van der Waals surface area contributed by atoms with Crippen LogP contribution in [0, 0.1) is 0 Å². The van der Waals surface area contributed by atoms with Gasteiger partial charge in [-0.3, -0.25) is 24.0 Å². The van der Waals surface area contributed by atoms with E-state index in [4.69, 9.17) is 15.5 Å². The van der Waals surface area contributed by atoms with Crippen molar-refractivity contribution in [3.05, 3.63) is 92.3 Å². The fourth-order valence-corrected chi connectivity index (χ4v) is 7.48. The lowest BCUT2D eigenvalue weighted by Crippen LogP contribution is -2.51. The van der Waals surface area contributed by atoms with Crippen LogP contribution in [0.1, 0.15) is 53.1 Å². The Morgan fingerprint density at radius 2 is 1.72 bits per heavy atom. The van der Waals surface area contributed by atoms with Crippen molar-refractivity contribution in [2.75, 3.05) is 25.0 Å². The van der Waals surface area contributed by atoms with E-state index in [1.54, 1.807) is 29.7 Å². The van der Waals surface area contributed by atoms with Crippen LogP contribution in [0.25, 0.3) is 22.3 Å². The van der Waals surface area contributed by atoms with Gasteiger partial charge in [-0.25, -0.2) is 9.78 Å². The van der Waals surface area contributed by atoms with Gasteiger partial charge in [0, 0.05) is 28.6 Å². The first-order valence-electron chi connectivity index (χ1n) is 17.5. The molecule has 15 nitrogen and oxygen atoms in total. The number of anilines is 1. The van der Waals surface area contributed by atoms with Crippen LogP contribution in [-0.4, -0.2) is 69.9 Å². The smallest absolute Gasteiger partial charge is 0.343 e. The number of hydrogen-bond acceptors (Lipinski definition) is 10. The topological polar surface area (TPSA) is 224 Å². The molecule has 0 fully saturated rings. The van der Waals surface area contributed by atoms with Crippen LogP contribution in [0.4, 0.5) is 5.69 Å². The fourth-order valence-electron chi connectivity index (χ4n) is 7.48. The Labute approximate surface area is 303 Å². The Morgan fingerprint density at radius 1 is 0.962 bits per heavy atom. The molecule has 7 N–H and O–H groups in total. The summed E-state index contributed by atoms with van der Waals surface area (Å²) in [6, 6.07) is 13.3. The standard InChI is InChI=1S/C38H39N7O8/c1-2-38(52)25-14-29-34-23(18-45(29)36(50)24(25)19-53-37(38)51)21-9-6-10-22-26(11-12-27(44-34)33(21)22)42-32(48)17-41-35(49)28(13-20-7-4-3-5-8-20)43-31(47)16-40-30(46)15-39/h3-5,7-8,11-12,14,28,52H,2,6,9-10,13,15-19,39H2,1H3,(H,40,46)(H,41,49)(H,42,48)(H,43,47)/t28-,38-/m0/s1. The molecule has 2 atom stereocenters. The lowest BCUT2D eigenvalue weighted by molar-refractivity contribution is -0.172. The highest BCUT2D eigenvalue weighted by Crippen LogP contribution is 2.43. The third-order valence-corrected chi connectivity index (χ3v) is 10.2. The molecule has 0 bridgehead atoms. The van der Waals surface area contributed by atoms with Crippen LogP contribution < -0.4 is 32.6 Å². The van der Waals surface area contributed by atoms with Gasteiger partial charge in [0.05, 0.1) is 48.6 Å². The van der Waals surface area contributed by atoms with Crippen LogP contribution in [0.15, 0.2) is 53.3 Å². The minimum atomic E-state index is -1.92. The second-order valence-electron chi connectivity index (χ2n) is 13.4. The van der Waals surface area contributed by atoms with E-state index in [-0.39, 0.29) is 62.3 Å². The van der Waals surface area contributed by atoms with E-state index < -0.39 is 41.2 Å². The summed E-state index contributed by atoms with van der Waals surface area (Å²) < 4.78 is 6.81. The van der Waals surface area contributed by atoms with Gasteiger partial charge in [-0.2, -0.15) is 0 Å². The zero-order valence-electron chi connectivity index (χ0n) is 29.0. The summed E-state index contributed by atoms with van der Waals surface area (Å²) in [5, 5.41) is 22.7. The average Bonchev–Trinajstić information content (AvgIpc) is 3.54. The van der Waals surface area contributed by atoms with E-state index in [2.05, 4.69) is 21.3 Å². The summed E-state index contributed by atoms with van der Waals surface area (Å²) >= 11 is 0. The van der Waals surface area contributed by atoms with Crippen molar-refractivity contribution in [1.82, 2.24) is 25.5 Å². The van der Waals surface area contributed by atoms with Crippen LogP contribution in [-0.2, 0) is 66.7 Å². The van der Waals surface area contributed by atoms with E-state index in [0.29, 0.717) is 29.0 Å². The van der Waals surface area contributed by atoms with Gasteiger partial charge < -0.3 is 41.4 Å². The van der Waals surface area contributed by atoms with E-state index in [1.807, 2.05) is 30.3 Å². The van der Waals surface area contributed by atoms with E-state index in [0.717, 1.165) is 40.5 Å². The Morgan fingerprint density at radius 3 is 2.47 bits per heavy atom. The van der Waals surface area contributed by atoms with Crippen molar-refractivity contribution in [2.45, 2.75) is 63.8 Å². The van der Waals surface area contributed by atoms with Gasteiger partial charge in [-0.05, 0) is 60.6 Å². The maximum Gasteiger partial charge on any atom is 0.343 e. The van der Waals surface area contributed by atoms with Gasteiger partial charge in [0.15, 0.2) is 5.60 Å². The molecule has 2 aromatic heterocycles. The molecule has 53 heavy (non-hydrogen) atoms. The number of cyclic esters (lactones) is 1. The SMILES string of the molecule is CC[C@@]1(O)C(=O)OCc2c1cc1n(c2=O)Cc2c-1nc1ccc(NC(=O)CNC(=O)[C@H](Cc3ccccc3)NC(=O)CNC(=O)CN)c3c1c2CCC3. The first-order valence-corrected chi connectivity index (χ1v) is 17.5. The number of hydrogen-bond donors (Lipinski definition) is 6. The highest BCUT2D eigenvalue weighted by molar-refractivity contribution is 6.01. The zero-order chi connectivity index (χ0) is 37.4. The van der Waals surface area contributed by atoms with Crippen molar-refractivity contribution < 1.29 is 33.8 Å². The minimum absolute atomic E-state index is 0.0495. The van der Waals surface area contributed by atoms with Crippen molar-refractivity contribution >= 4 is 46.2 Å². The van der Waals surface area contributed by atoms with E-state index >= 15 is 0 Å². The number of ether oxygens (including phenoxy) is 1. The largest absolute Gasteiger partial charge is 0.458 e. The highest BCUT2D eigenvalue weighted by atomic mass is 16.6. The molecule has 4 aromatic rings. The fraction of sp³-hybridized carbons (Fsp3) is 0.342. The molecule has 15 heteroatoms. The highest BCUT2D eigenvalue weighted by Gasteiger charge is 2.45. The lowest BCUT2D eigenvalue weighted by Gasteiger charge is -2.31. The molecule has 274 valence electrons. The number of nitrogens with two attached hydrogens (primary N) is 1. The molecule has 3 aliphatic rings. The average molecular weight is 722 g/mol. The number of nitrogens with zero attached hydrogens (tertiary/aromatic N) is 2. The van der Waals surface area contributed by atoms with Gasteiger partial charge in [-0.1, -0.05) is 37.3 Å². The van der Waals surface area contributed by atoms with E-state index in [9.17, 15) is 33.9 Å². The van der Waals surface area contributed by atoms with E-state index in [1.165, 1.54) is 0 Å². The van der Waals surface area contributed by atoms with Crippen molar-refractivity contribution in [2.24, 2.45) is 5.73 Å². The molecule has 4 amide bonds. The molecular formula is C38H39N7O8. The Balaban J connectivity index is 1.11. The Kier molecular flexibility index (Phi) is 9.53. The summed E-state index contributed by atoms with van der Waals surface area (Å²) in [4.78, 5) is 81.9. The summed E-state index contributed by atoms with van der Waals surface area (Å²) in [6.07, 6.45) is 2.39. The predicted octanol–water partition coefficient (Wildman–Crippen LogP) is 0.425. The number of aryl methyl sites for hydroxylation is 2. The summed E-state index contributed by atoms with van der Waals surface area (Å²) in [5.74, 6) is -2.92. The molecule has 2 aromatic carbocycles. The molecule has 2 aliphatic heterocycles. The number of carbonyl (C=O) groups excluding carboxylic acids is 5. The first-order chi connectivity index (χ1) is 25.5. The molecule has 4 heterocycles. The van der Waals surface area contributed by atoms with Gasteiger partial charge in [0.25, 0.3) is 5.56 Å². The summed E-state index contributed by atoms with van der Waals surface area (Å²) in [7, 11) is 0. The Hall–Kier alpha value is -5.93. The van der Waals surface area contributed by atoms with Crippen LogP contribution >= 0.6 is 0 Å².